The second kappa shape index (κ2) is 9.22. The minimum atomic E-state index is -0.426. The summed E-state index contributed by atoms with van der Waals surface area (Å²) in [6.07, 6.45) is 3.53. The molecule has 0 saturated heterocycles. The third-order valence-electron chi connectivity index (χ3n) is 6.26. The molecule has 5 rings (SSSR count). The van der Waals surface area contributed by atoms with Crippen molar-refractivity contribution in [3.63, 3.8) is 0 Å². The van der Waals surface area contributed by atoms with Gasteiger partial charge < -0.3 is 14.9 Å². The summed E-state index contributed by atoms with van der Waals surface area (Å²) in [6.45, 7) is 0.588. The molecule has 5 aromatic rings. The maximum atomic E-state index is 12.7. The van der Waals surface area contributed by atoms with E-state index >= 15 is 0 Å². The van der Waals surface area contributed by atoms with Gasteiger partial charge in [-0.2, -0.15) is 5.26 Å². The van der Waals surface area contributed by atoms with Crippen molar-refractivity contribution in [2.45, 2.75) is 12.6 Å². The number of nitrogens with zero attached hydrogens (tertiary/aromatic N) is 4. The molecule has 1 unspecified atom stereocenters. The Morgan fingerprint density at radius 2 is 1.89 bits per heavy atom. The fraction of sp³-hybridized carbons (Fsp3) is 0.107. The third-order valence-corrected chi connectivity index (χ3v) is 6.50. The van der Waals surface area contributed by atoms with Crippen LogP contribution in [0.5, 0.6) is 0 Å². The molecule has 0 bridgehead atoms. The quantitative estimate of drug-likeness (QED) is 0.383. The lowest BCUT2D eigenvalue weighted by molar-refractivity contribution is 0.696. The van der Waals surface area contributed by atoms with Gasteiger partial charge in [0.05, 0.1) is 41.4 Å². The first-order chi connectivity index (χ1) is 16.9. The molecule has 6 nitrogen and oxygen atoms in total. The van der Waals surface area contributed by atoms with Crippen molar-refractivity contribution >= 4 is 22.5 Å². The molecule has 2 heterocycles. The lowest BCUT2D eigenvalue weighted by atomic mass is 9.96. The topological polar surface area (TPSA) is 89.6 Å². The van der Waals surface area contributed by atoms with E-state index in [1.807, 2.05) is 59.2 Å². The zero-order chi connectivity index (χ0) is 24.5. The van der Waals surface area contributed by atoms with Crippen LogP contribution in [-0.2, 0) is 13.6 Å². The molecule has 1 atom stereocenters. The lowest BCUT2D eigenvalue weighted by Crippen LogP contribution is -2.19. The number of aryl methyl sites for hydroxylation is 1. The zero-order valence-corrected chi connectivity index (χ0v) is 19.8. The van der Waals surface area contributed by atoms with E-state index in [2.05, 4.69) is 11.1 Å². The molecular weight excluding hydrogens is 458 g/mol. The van der Waals surface area contributed by atoms with Crippen molar-refractivity contribution in [3.8, 4) is 17.2 Å². The summed E-state index contributed by atoms with van der Waals surface area (Å²) < 4.78 is 3.64. The van der Waals surface area contributed by atoms with Crippen LogP contribution in [0.25, 0.3) is 22.0 Å². The molecule has 35 heavy (non-hydrogen) atoms. The normalized spacial score (nSPS) is 11.9. The largest absolute Gasteiger partial charge is 0.328 e. The zero-order valence-electron chi connectivity index (χ0n) is 19.0. The van der Waals surface area contributed by atoms with Crippen LogP contribution in [0, 0.1) is 11.3 Å². The standard InChI is InChI=1S/C28H22ClN5O/c1-33-25-10-9-21(12-24(25)23(13-27(33)35)20-3-2-4-22(29)11-20)28(31)26-15-32-17-34(26)16-19-7-5-18(14-30)6-8-19/h2-13,15,17,28H,16,31H2,1H3. The molecule has 0 aliphatic heterocycles. The van der Waals surface area contributed by atoms with E-state index in [0.717, 1.165) is 38.9 Å². The monoisotopic (exact) mass is 479 g/mol. The Hall–Kier alpha value is -4.18. The van der Waals surface area contributed by atoms with Crippen LogP contribution in [0.3, 0.4) is 0 Å². The number of benzene rings is 3. The summed E-state index contributed by atoms with van der Waals surface area (Å²) in [5.74, 6) is 0. The van der Waals surface area contributed by atoms with E-state index in [9.17, 15) is 4.79 Å². The number of aromatic nitrogens is 3. The highest BCUT2D eigenvalue weighted by atomic mass is 35.5. The third kappa shape index (κ3) is 4.35. The molecule has 2 N–H and O–H groups in total. The summed E-state index contributed by atoms with van der Waals surface area (Å²) >= 11 is 6.24. The predicted molar refractivity (Wildman–Crippen MR) is 138 cm³/mol. The summed E-state index contributed by atoms with van der Waals surface area (Å²) in [7, 11) is 1.76. The summed E-state index contributed by atoms with van der Waals surface area (Å²) in [5.41, 5.74) is 12.6. The fourth-order valence-corrected chi connectivity index (χ4v) is 4.53. The van der Waals surface area contributed by atoms with Crippen LogP contribution >= 0.6 is 11.6 Å². The van der Waals surface area contributed by atoms with E-state index in [4.69, 9.17) is 22.6 Å². The van der Waals surface area contributed by atoms with E-state index in [1.165, 1.54) is 0 Å². The molecular formula is C28H22ClN5O. The number of fused-ring (bicyclic) bond motifs is 1. The van der Waals surface area contributed by atoms with Crippen molar-refractivity contribution in [2.75, 3.05) is 0 Å². The second-order valence-electron chi connectivity index (χ2n) is 8.48. The van der Waals surface area contributed by atoms with Crippen LogP contribution in [0.4, 0.5) is 0 Å². The predicted octanol–water partition coefficient (Wildman–Crippen LogP) is 5.02. The number of hydrogen-bond acceptors (Lipinski definition) is 4. The molecule has 0 radical (unpaired) electrons. The van der Waals surface area contributed by atoms with Crippen LogP contribution in [0.2, 0.25) is 5.02 Å². The molecule has 2 aromatic heterocycles. The van der Waals surface area contributed by atoms with E-state index < -0.39 is 6.04 Å². The van der Waals surface area contributed by atoms with Crippen molar-refractivity contribution in [1.82, 2.24) is 14.1 Å². The fourth-order valence-electron chi connectivity index (χ4n) is 4.34. The lowest BCUT2D eigenvalue weighted by Gasteiger charge is -2.18. The van der Waals surface area contributed by atoms with Gasteiger partial charge in [0.15, 0.2) is 0 Å². The van der Waals surface area contributed by atoms with Crippen LogP contribution in [-0.4, -0.2) is 14.1 Å². The van der Waals surface area contributed by atoms with Crippen LogP contribution < -0.4 is 11.3 Å². The van der Waals surface area contributed by atoms with Gasteiger partial charge in [-0.3, -0.25) is 4.79 Å². The molecule has 0 aliphatic carbocycles. The average molecular weight is 480 g/mol. The highest BCUT2D eigenvalue weighted by Gasteiger charge is 2.17. The number of rotatable bonds is 5. The number of hydrogen-bond donors (Lipinski definition) is 1. The first-order valence-corrected chi connectivity index (χ1v) is 11.5. The van der Waals surface area contributed by atoms with Crippen molar-refractivity contribution in [1.29, 1.82) is 5.26 Å². The molecule has 3 aromatic carbocycles. The van der Waals surface area contributed by atoms with Crippen LogP contribution in [0.15, 0.2) is 90.1 Å². The Balaban J connectivity index is 1.56. The van der Waals surface area contributed by atoms with E-state index in [1.54, 1.807) is 42.3 Å². The van der Waals surface area contributed by atoms with Gasteiger partial charge in [-0.1, -0.05) is 41.9 Å². The number of nitrogens with two attached hydrogens (primary N) is 1. The summed E-state index contributed by atoms with van der Waals surface area (Å²) in [5, 5.41) is 10.6. The highest BCUT2D eigenvalue weighted by Crippen LogP contribution is 2.31. The summed E-state index contributed by atoms with van der Waals surface area (Å²) in [4.78, 5) is 17.0. The Bertz CT molecular complexity index is 1640. The molecule has 0 aliphatic rings. The maximum Gasteiger partial charge on any atom is 0.251 e. The van der Waals surface area contributed by atoms with Gasteiger partial charge in [0, 0.05) is 30.1 Å². The van der Waals surface area contributed by atoms with Crippen LogP contribution in [0.1, 0.15) is 28.4 Å². The number of imidazole rings is 1. The summed E-state index contributed by atoms with van der Waals surface area (Å²) in [6, 6.07) is 24.2. The Morgan fingerprint density at radius 1 is 1.09 bits per heavy atom. The first-order valence-electron chi connectivity index (χ1n) is 11.1. The molecule has 172 valence electrons. The van der Waals surface area contributed by atoms with Gasteiger partial charge in [-0.05, 0) is 58.7 Å². The van der Waals surface area contributed by atoms with Crippen molar-refractivity contribution in [2.24, 2.45) is 12.8 Å². The van der Waals surface area contributed by atoms with Gasteiger partial charge in [0.2, 0.25) is 0 Å². The minimum Gasteiger partial charge on any atom is -0.328 e. The molecule has 0 amide bonds. The second-order valence-corrected chi connectivity index (χ2v) is 8.91. The average Bonchev–Trinajstić information content (AvgIpc) is 3.34. The number of nitriles is 1. The van der Waals surface area contributed by atoms with Gasteiger partial charge in [0.1, 0.15) is 0 Å². The maximum absolute atomic E-state index is 12.7. The molecule has 0 spiro atoms. The molecule has 0 saturated carbocycles. The number of halogens is 1. The van der Waals surface area contributed by atoms with Gasteiger partial charge in [-0.25, -0.2) is 4.98 Å². The van der Waals surface area contributed by atoms with Gasteiger partial charge in [0.25, 0.3) is 5.56 Å². The minimum absolute atomic E-state index is 0.0926. The van der Waals surface area contributed by atoms with E-state index in [-0.39, 0.29) is 5.56 Å². The Morgan fingerprint density at radius 3 is 2.63 bits per heavy atom. The molecule has 0 fully saturated rings. The molecule has 7 heteroatoms. The van der Waals surface area contributed by atoms with Gasteiger partial charge in [-0.15, -0.1) is 0 Å². The Kier molecular flexibility index (Phi) is 5.96. The smallest absolute Gasteiger partial charge is 0.251 e. The van der Waals surface area contributed by atoms with Crippen molar-refractivity contribution in [3.05, 3.63) is 123 Å². The SMILES string of the molecule is Cn1c(=O)cc(-c2cccc(Cl)c2)c2cc(C(N)c3cncn3Cc3ccc(C#N)cc3)ccc21. The van der Waals surface area contributed by atoms with E-state index in [0.29, 0.717) is 17.1 Å². The number of pyridine rings is 1. The highest BCUT2D eigenvalue weighted by molar-refractivity contribution is 6.30. The first kappa shape index (κ1) is 22.6. The van der Waals surface area contributed by atoms with Gasteiger partial charge >= 0.3 is 0 Å². The Labute approximate surface area is 207 Å². The van der Waals surface area contributed by atoms with Crippen molar-refractivity contribution < 1.29 is 0 Å².